The van der Waals surface area contributed by atoms with E-state index in [0.29, 0.717) is 0 Å². The highest BCUT2D eigenvalue weighted by Gasteiger charge is 2.17. The first kappa shape index (κ1) is 15.7. The Morgan fingerprint density at radius 3 is 2.00 bits per heavy atom. The first-order valence-corrected chi connectivity index (χ1v) is 7.07. The van der Waals surface area contributed by atoms with Crippen molar-refractivity contribution < 1.29 is 15.0 Å². The van der Waals surface area contributed by atoms with Crippen LogP contribution >= 0.6 is 0 Å². The van der Waals surface area contributed by atoms with E-state index in [-0.39, 0.29) is 12.8 Å². The third kappa shape index (κ3) is 4.06. The van der Waals surface area contributed by atoms with Crippen LogP contribution in [0.1, 0.15) is 62.0 Å². The lowest BCUT2D eigenvalue weighted by molar-refractivity contribution is -0.137. The van der Waals surface area contributed by atoms with Crippen molar-refractivity contribution in [1.29, 1.82) is 0 Å². The van der Waals surface area contributed by atoms with Gasteiger partial charge in [-0.05, 0) is 47.9 Å². The Hall–Kier alpha value is -1.35. The first-order chi connectivity index (χ1) is 9.03. The molecule has 2 N–H and O–H groups in total. The van der Waals surface area contributed by atoms with Crippen LogP contribution in [0.5, 0.6) is 0 Å². The lowest BCUT2D eigenvalue weighted by Gasteiger charge is -2.20. The van der Waals surface area contributed by atoms with E-state index < -0.39 is 12.1 Å². The number of carbonyl (C=O) groups is 1. The minimum atomic E-state index is -0.861. The largest absolute Gasteiger partial charge is 0.481 e. The number of hydrogen-bond acceptors (Lipinski definition) is 2. The molecule has 1 aromatic carbocycles. The average Bonchev–Trinajstić information content (AvgIpc) is 2.42. The number of carboxylic acids is 1. The smallest absolute Gasteiger partial charge is 0.303 e. The second-order valence-electron chi connectivity index (χ2n) is 4.84. The van der Waals surface area contributed by atoms with E-state index in [1.54, 1.807) is 0 Å². The normalized spacial score (nSPS) is 12.4. The maximum Gasteiger partial charge on any atom is 0.303 e. The molecule has 0 saturated heterocycles. The zero-order valence-corrected chi connectivity index (χ0v) is 12.1. The molecule has 106 valence electrons. The molecule has 0 bridgehead atoms. The molecule has 0 unspecified atom stereocenters. The van der Waals surface area contributed by atoms with E-state index in [1.807, 2.05) is 0 Å². The quantitative estimate of drug-likeness (QED) is 0.794. The fourth-order valence-electron chi connectivity index (χ4n) is 2.47. The third-order valence-corrected chi connectivity index (χ3v) is 3.55. The highest BCUT2D eigenvalue weighted by atomic mass is 16.4. The molecule has 3 nitrogen and oxygen atoms in total. The minimum Gasteiger partial charge on any atom is -0.481 e. The standard InChI is InChI=1S/C16H24O3/c1-4-11-9-12(5-2)16(13(6-3)10-11)14(17)7-8-15(18)19/h9-10,14,17H,4-8H2,1-3H3,(H,18,19)/t14-/m1/s1. The van der Waals surface area contributed by atoms with Crippen molar-refractivity contribution >= 4 is 5.97 Å². The SMILES string of the molecule is CCc1cc(CC)c([C@H](O)CCC(=O)O)c(CC)c1. The number of aliphatic hydroxyl groups is 1. The maximum atomic E-state index is 10.6. The van der Waals surface area contributed by atoms with Crippen LogP contribution in [0.4, 0.5) is 0 Å². The molecule has 0 aliphatic heterocycles. The van der Waals surface area contributed by atoms with Crippen LogP contribution in [-0.4, -0.2) is 16.2 Å². The van der Waals surface area contributed by atoms with Crippen LogP contribution in [0.25, 0.3) is 0 Å². The predicted molar refractivity (Wildman–Crippen MR) is 76.4 cm³/mol. The molecule has 1 atom stereocenters. The Morgan fingerprint density at radius 1 is 1.11 bits per heavy atom. The van der Waals surface area contributed by atoms with Crippen LogP contribution in [0.2, 0.25) is 0 Å². The zero-order valence-electron chi connectivity index (χ0n) is 12.1. The molecular weight excluding hydrogens is 240 g/mol. The van der Waals surface area contributed by atoms with Crippen LogP contribution in [0.3, 0.4) is 0 Å². The molecule has 0 spiro atoms. The lowest BCUT2D eigenvalue weighted by atomic mass is 9.89. The Labute approximate surface area is 115 Å². The van der Waals surface area contributed by atoms with Gasteiger partial charge in [-0.25, -0.2) is 0 Å². The van der Waals surface area contributed by atoms with Crippen molar-refractivity contribution in [2.45, 2.75) is 59.0 Å². The Morgan fingerprint density at radius 2 is 1.63 bits per heavy atom. The van der Waals surface area contributed by atoms with Gasteiger partial charge in [0.2, 0.25) is 0 Å². The first-order valence-electron chi connectivity index (χ1n) is 7.07. The Bertz CT molecular complexity index is 413. The summed E-state index contributed by atoms with van der Waals surface area (Å²) in [6.45, 7) is 6.26. The second kappa shape index (κ2) is 7.29. The summed E-state index contributed by atoms with van der Waals surface area (Å²) < 4.78 is 0. The van der Waals surface area contributed by atoms with Gasteiger partial charge in [-0.2, -0.15) is 0 Å². The summed E-state index contributed by atoms with van der Waals surface area (Å²) in [7, 11) is 0. The third-order valence-electron chi connectivity index (χ3n) is 3.55. The van der Waals surface area contributed by atoms with E-state index in [1.165, 1.54) is 5.56 Å². The fraction of sp³-hybridized carbons (Fsp3) is 0.562. The van der Waals surface area contributed by atoms with Gasteiger partial charge in [0, 0.05) is 6.42 Å². The molecule has 0 aromatic heterocycles. The molecule has 0 aliphatic rings. The second-order valence-corrected chi connectivity index (χ2v) is 4.84. The van der Waals surface area contributed by atoms with E-state index >= 15 is 0 Å². The summed E-state index contributed by atoms with van der Waals surface area (Å²) in [6.07, 6.45) is 2.31. The van der Waals surface area contributed by atoms with E-state index in [2.05, 4.69) is 32.9 Å². The molecule has 0 amide bonds. The van der Waals surface area contributed by atoms with E-state index in [0.717, 1.165) is 36.0 Å². The van der Waals surface area contributed by atoms with Crippen LogP contribution in [0.15, 0.2) is 12.1 Å². The van der Waals surface area contributed by atoms with Gasteiger partial charge in [-0.15, -0.1) is 0 Å². The van der Waals surface area contributed by atoms with Crippen LogP contribution in [0, 0.1) is 0 Å². The van der Waals surface area contributed by atoms with Gasteiger partial charge in [0.25, 0.3) is 0 Å². The van der Waals surface area contributed by atoms with Gasteiger partial charge in [-0.3, -0.25) is 4.79 Å². The molecular formula is C16H24O3. The minimum absolute atomic E-state index is 0.00298. The van der Waals surface area contributed by atoms with Crippen molar-refractivity contribution in [3.05, 3.63) is 34.4 Å². The summed E-state index contributed by atoms with van der Waals surface area (Å²) in [5.74, 6) is -0.861. The number of hydrogen-bond donors (Lipinski definition) is 2. The lowest BCUT2D eigenvalue weighted by Crippen LogP contribution is -2.09. The number of aliphatic carboxylic acids is 1. The van der Waals surface area contributed by atoms with Crippen LogP contribution in [-0.2, 0) is 24.1 Å². The summed E-state index contributed by atoms with van der Waals surface area (Å²) >= 11 is 0. The van der Waals surface area contributed by atoms with Crippen molar-refractivity contribution in [1.82, 2.24) is 0 Å². The Balaban J connectivity index is 3.12. The van der Waals surface area contributed by atoms with Crippen molar-refractivity contribution in [2.75, 3.05) is 0 Å². The Kier molecular flexibility index (Phi) is 6.03. The number of aryl methyl sites for hydroxylation is 3. The summed E-state index contributed by atoms with van der Waals surface area (Å²) in [4.78, 5) is 10.6. The van der Waals surface area contributed by atoms with Crippen molar-refractivity contribution in [3.63, 3.8) is 0 Å². The van der Waals surface area contributed by atoms with Crippen LogP contribution < -0.4 is 0 Å². The number of benzene rings is 1. The number of aliphatic hydroxyl groups excluding tert-OH is 1. The zero-order chi connectivity index (χ0) is 14.4. The van der Waals surface area contributed by atoms with Crippen molar-refractivity contribution in [3.8, 4) is 0 Å². The number of carboxylic acid groups (broad SMARTS) is 1. The van der Waals surface area contributed by atoms with Gasteiger partial charge in [-0.1, -0.05) is 32.9 Å². The highest BCUT2D eigenvalue weighted by molar-refractivity contribution is 5.66. The van der Waals surface area contributed by atoms with Gasteiger partial charge in [0.05, 0.1) is 6.10 Å². The molecule has 0 saturated carbocycles. The monoisotopic (exact) mass is 264 g/mol. The molecule has 0 radical (unpaired) electrons. The molecule has 1 rings (SSSR count). The highest BCUT2D eigenvalue weighted by Crippen LogP contribution is 2.29. The van der Waals surface area contributed by atoms with Gasteiger partial charge < -0.3 is 10.2 Å². The van der Waals surface area contributed by atoms with E-state index in [4.69, 9.17) is 5.11 Å². The summed E-state index contributed by atoms with van der Waals surface area (Å²) in [5.41, 5.74) is 4.52. The molecule has 0 aliphatic carbocycles. The fourth-order valence-corrected chi connectivity index (χ4v) is 2.47. The van der Waals surface area contributed by atoms with Gasteiger partial charge in [0.1, 0.15) is 0 Å². The molecule has 3 heteroatoms. The van der Waals surface area contributed by atoms with Crippen molar-refractivity contribution in [2.24, 2.45) is 0 Å². The van der Waals surface area contributed by atoms with Gasteiger partial charge in [0.15, 0.2) is 0 Å². The topological polar surface area (TPSA) is 57.5 Å². The summed E-state index contributed by atoms with van der Waals surface area (Å²) in [6, 6.07) is 4.27. The molecule has 0 fully saturated rings. The predicted octanol–water partition coefficient (Wildman–Crippen LogP) is 3.27. The summed E-state index contributed by atoms with van der Waals surface area (Å²) in [5, 5.41) is 19.0. The molecule has 0 heterocycles. The molecule has 1 aromatic rings. The van der Waals surface area contributed by atoms with E-state index in [9.17, 15) is 9.90 Å². The van der Waals surface area contributed by atoms with Gasteiger partial charge >= 0.3 is 5.97 Å². The molecule has 19 heavy (non-hydrogen) atoms. The maximum absolute atomic E-state index is 10.6. The average molecular weight is 264 g/mol. The number of rotatable bonds is 7.